The van der Waals surface area contributed by atoms with Crippen molar-refractivity contribution in [2.24, 2.45) is 7.05 Å². The Morgan fingerprint density at radius 1 is 1.27 bits per heavy atom. The van der Waals surface area contributed by atoms with E-state index in [-0.39, 0.29) is 30.1 Å². The Hall–Kier alpha value is -3.79. The van der Waals surface area contributed by atoms with Gasteiger partial charge >= 0.3 is 5.69 Å². The van der Waals surface area contributed by atoms with Crippen molar-refractivity contribution in [2.75, 3.05) is 13.7 Å². The van der Waals surface area contributed by atoms with Gasteiger partial charge in [0.05, 0.1) is 32.9 Å². The molecule has 0 bridgehead atoms. The number of ether oxygens (including phenoxy) is 1. The van der Waals surface area contributed by atoms with Gasteiger partial charge in [0.1, 0.15) is 5.75 Å². The van der Waals surface area contributed by atoms with E-state index in [0.717, 1.165) is 9.13 Å². The number of aliphatic hydroxyl groups excluding tert-OH is 2. The first-order valence-electron chi connectivity index (χ1n) is 8.99. The van der Waals surface area contributed by atoms with Crippen LogP contribution in [-0.2, 0) is 20.1 Å². The van der Waals surface area contributed by atoms with Crippen LogP contribution in [0.15, 0.2) is 33.9 Å². The highest BCUT2D eigenvalue weighted by atomic mass is 16.5. The van der Waals surface area contributed by atoms with E-state index in [1.807, 2.05) is 0 Å². The monoisotopic (exact) mass is 408 g/mol. The number of nitrogens with zero attached hydrogens (tertiary/aromatic N) is 4. The lowest BCUT2D eigenvalue weighted by Gasteiger charge is -2.12. The van der Waals surface area contributed by atoms with Gasteiger partial charge in [-0.15, -0.1) is 6.42 Å². The van der Waals surface area contributed by atoms with Crippen molar-refractivity contribution in [3.8, 4) is 29.9 Å². The van der Waals surface area contributed by atoms with Gasteiger partial charge in [0.25, 0.3) is 5.56 Å². The van der Waals surface area contributed by atoms with Crippen LogP contribution in [0.4, 0.5) is 0 Å². The highest BCUT2D eigenvalue weighted by Gasteiger charge is 2.20. The van der Waals surface area contributed by atoms with E-state index in [1.54, 1.807) is 38.4 Å². The molecule has 2 heterocycles. The van der Waals surface area contributed by atoms with Crippen LogP contribution < -0.4 is 16.0 Å². The Morgan fingerprint density at radius 2 is 2.03 bits per heavy atom. The van der Waals surface area contributed by atoms with Crippen molar-refractivity contribution in [1.29, 1.82) is 0 Å². The van der Waals surface area contributed by atoms with Gasteiger partial charge < -0.3 is 19.5 Å². The van der Waals surface area contributed by atoms with Gasteiger partial charge in [0, 0.05) is 12.6 Å². The molecular weight excluding hydrogens is 388 g/mol. The van der Waals surface area contributed by atoms with Gasteiger partial charge in [-0.05, 0) is 24.1 Å². The summed E-state index contributed by atoms with van der Waals surface area (Å²) < 4.78 is 8.65. The molecule has 1 atom stereocenters. The standard InChI is InChI=1S/C21H20N4O5/c1-4-10-24-20(28)18-19(25(21(24)29)12-15(27)13-26)22-17(23(18)2)9-8-14-6-5-7-16(11-14)30-3/h1,5-7,11,15,26-27H,10,12-13H2,2-3H3. The molecule has 0 aliphatic rings. The molecule has 3 rings (SSSR count). The summed E-state index contributed by atoms with van der Waals surface area (Å²) in [5.74, 6) is 9.02. The number of aryl methyl sites for hydroxylation is 1. The molecule has 0 saturated heterocycles. The quantitative estimate of drug-likeness (QED) is 0.540. The summed E-state index contributed by atoms with van der Waals surface area (Å²) in [6.45, 7) is -1.05. The fourth-order valence-electron chi connectivity index (χ4n) is 2.97. The largest absolute Gasteiger partial charge is 0.497 e. The number of hydrogen-bond donors (Lipinski definition) is 2. The van der Waals surface area contributed by atoms with Crippen LogP contribution in [0.2, 0.25) is 0 Å². The average Bonchev–Trinajstić information content (AvgIpc) is 3.08. The highest BCUT2D eigenvalue weighted by Crippen LogP contribution is 2.13. The zero-order valence-corrected chi connectivity index (χ0v) is 16.5. The van der Waals surface area contributed by atoms with Gasteiger partial charge in [-0.25, -0.2) is 14.3 Å². The van der Waals surface area contributed by atoms with Crippen molar-refractivity contribution in [3.05, 3.63) is 56.5 Å². The van der Waals surface area contributed by atoms with E-state index >= 15 is 0 Å². The maximum atomic E-state index is 12.9. The number of fused-ring (bicyclic) bond motifs is 1. The van der Waals surface area contributed by atoms with Gasteiger partial charge in [0.2, 0.25) is 0 Å². The third kappa shape index (κ3) is 3.85. The first kappa shape index (κ1) is 20.9. The molecule has 30 heavy (non-hydrogen) atoms. The normalized spacial score (nSPS) is 11.6. The van der Waals surface area contributed by atoms with Crippen LogP contribution in [0.1, 0.15) is 11.4 Å². The smallest absolute Gasteiger partial charge is 0.333 e. The number of aliphatic hydroxyl groups is 2. The Labute approximate surface area is 171 Å². The predicted molar refractivity (Wildman–Crippen MR) is 110 cm³/mol. The van der Waals surface area contributed by atoms with E-state index in [0.29, 0.717) is 11.3 Å². The second-order valence-corrected chi connectivity index (χ2v) is 6.47. The van der Waals surface area contributed by atoms with Crippen LogP contribution in [0.25, 0.3) is 11.2 Å². The van der Waals surface area contributed by atoms with E-state index < -0.39 is 24.0 Å². The van der Waals surface area contributed by atoms with Gasteiger partial charge in [-0.1, -0.05) is 17.9 Å². The van der Waals surface area contributed by atoms with Crippen molar-refractivity contribution < 1.29 is 14.9 Å². The van der Waals surface area contributed by atoms with Gasteiger partial charge in [-0.3, -0.25) is 9.36 Å². The van der Waals surface area contributed by atoms with Crippen LogP contribution in [0.5, 0.6) is 5.75 Å². The number of hydrogen-bond acceptors (Lipinski definition) is 6. The number of terminal acetylenes is 1. The third-order valence-electron chi connectivity index (χ3n) is 4.48. The van der Waals surface area contributed by atoms with Gasteiger partial charge in [0.15, 0.2) is 17.0 Å². The second kappa shape index (κ2) is 8.70. The minimum absolute atomic E-state index is 0.0585. The molecule has 2 N–H and O–H groups in total. The van der Waals surface area contributed by atoms with Gasteiger partial charge in [-0.2, -0.15) is 0 Å². The molecule has 9 nitrogen and oxygen atoms in total. The molecule has 0 aliphatic heterocycles. The molecule has 0 amide bonds. The van der Waals surface area contributed by atoms with E-state index in [4.69, 9.17) is 11.2 Å². The van der Waals surface area contributed by atoms with E-state index in [2.05, 4.69) is 22.7 Å². The fourth-order valence-corrected chi connectivity index (χ4v) is 2.97. The number of imidazole rings is 1. The lowest BCUT2D eigenvalue weighted by Crippen LogP contribution is -2.42. The third-order valence-corrected chi connectivity index (χ3v) is 4.48. The number of benzene rings is 1. The first-order chi connectivity index (χ1) is 14.4. The summed E-state index contributed by atoms with van der Waals surface area (Å²) >= 11 is 0. The Bertz CT molecular complexity index is 1310. The molecule has 1 aromatic carbocycles. The molecule has 0 aliphatic carbocycles. The van der Waals surface area contributed by atoms with Crippen LogP contribution in [-0.4, -0.2) is 48.7 Å². The molecular formula is C21H20N4O5. The molecule has 3 aromatic rings. The first-order valence-corrected chi connectivity index (χ1v) is 8.99. The molecule has 2 aromatic heterocycles. The Kier molecular flexibility index (Phi) is 6.07. The van der Waals surface area contributed by atoms with Crippen LogP contribution in [0.3, 0.4) is 0 Å². The summed E-state index contributed by atoms with van der Waals surface area (Å²) in [5, 5.41) is 19.0. The van der Waals surface area contributed by atoms with E-state index in [1.165, 1.54) is 4.57 Å². The summed E-state index contributed by atoms with van der Waals surface area (Å²) in [6, 6.07) is 7.14. The molecule has 1 unspecified atom stereocenters. The van der Waals surface area contributed by atoms with Crippen LogP contribution >= 0.6 is 0 Å². The molecule has 0 spiro atoms. The second-order valence-electron chi connectivity index (χ2n) is 6.47. The molecule has 0 saturated carbocycles. The predicted octanol–water partition coefficient (Wildman–Crippen LogP) is -0.708. The summed E-state index contributed by atoms with van der Waals surface area (Å²) in [7, 11) is 3.16. The highest BCUT2D eigenvalue weighted by molar-refractivity contribution is 5.72. The Balaban J connectivity index is 2.23. The molecule has 0 fully saturated rings. The SMILES string of the molecule is C#CCn1c(=O)c2c(nc(C#Cc3cccc(OC)c3)n2C)n(CC(O)CO)c1=O. The van der Waals surface area contributed by atoms with Crippen LogP contribution in [0, 0.1) is 24.2 Å². The molecule has 0 radical (unpaired) electrons. The zero-order chi connectivity index (χ0) is 21.8. The lowest BCUT2D eigenvalue weighted by atomic mass is 10.2. The fraction of sp³-hybridized carbons (Fsp3) is 0.286. The maximum absolute atomic E-state index is 12.9. The number of rotatable bonds is 5. The van der Waals surface area contributed by atoms with Crippen molar-refractivity contribution in [3.63, 3.8) is 0 Å². The zero-order valence-electron chi connectivity index (χ0n) is 16.5. The van der Waals surface area contributed by atoms with Crippen molar-refractivity contribution in [1.82, 2.24) is 18.7 Å². The average molecular weight is 408 g/mol. The van der Waals surface area contributed by atoms with Crippen molar-refractivity contribution in [2.45, 2.75) is 19.2 Å². The number of aromatic nitrogens is 4. The summed E-state index contributed by atoms with van der Waals surface area (Å²) in [5.41, 5.74) is -0.470. The van der Waals surface area contributed by atoms with E-state index in [9.17, 15) is 19.8 Å². The molecule has 9 heteroatoms. The minimum Gasteiger partial charge on any atom is -0.497 e. The maximum Gasteiger partial charge on any atom is 0.333 e. The summed E-state index contributed by atoms with van der Waals surface area (Å²) in [4.78, 5) is 30.0. The minimum atomic E-state index is -1.21. The Morgan fingerprint density at radius 3 is 2.70 bits per heavy atom. The molecule has 154 valence electrons. The topological polar surface area (TPSA) is 112 Å². The lowest BCUT2D eigenvalue weighted by molar-refractivity contribution is 0.0806. The van der Waals surface area contributed by atoms with Crippen molar-refractivity contribution >= 4 is 11.2 Å². The number of methoxy groups -OCH3 is 1. The summed E-state index contributed by atoms with van der Waals surface area (Å²) in [6.07, 6.45) is 4.08.